The van der Waals surface area contributed by atoms with Crippen LogP contribution in [0.1, 0.15) is 11.1 Å². The summed E-state index contributed by atoms with van der Waals surface area (Å²) in [5.74, 6) is 2.81. The second-order valence-corrected chi connectivity index (χ2v) is 7.04. The van der Waals surface area contributed by atoms with Gasteiger partial charge in [-0.15, -0.1) is 0 Å². The van der Waals surface area contributed by atoms with E-state index in [0.29, 0.717) is 41.9 Å². The van der Waals surface area contributed by atoms with E-state index in [1.807, 2.05) is 24.3 Å². The summed E-state index contributed by atoms with van der Waals surface area (Å²) in [5.41, 5.74) is 1.88. The van der Waals surface area contributed by atoms with Gasteiger partial charge < -0.3 is 19.1 Å². The van der Waals surface area contributed by atoms with E-state index < -0.39 is 0 Å². The van der Waals surface area contributed by atoms with Crippen LogP contribution in [0.2, 0.25) is 5.02 Å². The maximum absolute atomic E-state index is 12.3. The van der Waals surface area contributed by atoms with Gasteiger partial charge in [0.2, 0.25) is 12.7 Å². The van der Waals surface area contributed by atoms with E-state index in [-0.39, 0.29) is 12.7 Å². The van der Waals surface area contributed by atoms with E-state index >= 15 is 0 Å². The van der Waals surface area contributed by atoms with Crippen LogP contribution in [0.15, 0.2) is 30.3 Å². The molecule has 0 atom stereocenters. The van der Waals surface area contributed by atoms with Crippen LogP contribution in [-0.4, -0.2) is 43.1 Å². The molecule has 0 unspecified atom stereocenters. The number of hydrogen-bond acceptors (Lipinski definition) is 5. The number of hydrogen-bond donors (Lipinski definition) is 0. The number of nitrogens with zero attached hydrogens (tertiary/aromatic N) is 2. The van der Waals surface area contributed by atoms with Crippen molar-refractivity contribution in [3.8, 4) is 23.0 Å². The van der Waals surface area contributed by atoms with Crippen LogP contribution in [0.25, 0.3) is 0 Å². The van der Waals surface area contributed by atoms with Gasteiger partial charge in [-0.3, -0.25) is 9.69 Å². The highest BCUT2D eigenvalue weighted by Crippen LogP contribution is 2.42. The first-order valence-corrected chi connectivity index (χ1v) is 8.69. The Hall–Kier alpha value is -2.44. The molecule has 0 aliphatic carbocycles. The Bertz CT molecular complexity index is 869. The van der Waals surface area contributed by atoms with Crippen LogP contribution in [0.5, 0.6) is 23.0 Å². The topological polar surface area (TPSA) is 51.2 Å². The van der Waals surface area contributed by atoms with E-state index in [4.69, 9.17) is 25.8 Å². The molecular weight excluding hydrogens is 356 g/mol. The Morgan fingerprint density at radius 1 is 1.04 bits per heavy atom. The molecule has 0 aromatic heterocycles. The van der Waals surface area contributed by atoms with Gasteiger partial charge >= 0.3 is 0 Å². The van der Waals surface area contributed by atoms with Crippen molar-refractivity contribution in [3.63, 3.8) is 0 Å². The smallest absolute Gasteiger partial charge is 0.236 e. The van der Waals surface area contributed by atoms with Gasteiger partial charge in [0.05, 0.1) is 6.54 Å². The zero-order valence-electron chi connectivity index (χ0n) is 14.6. The van der Waals surface area contributed by atoms with Crippen molar-refractivity contribution in [1.29, 1.82) is 0 Å². The maximum Gasteiger partial charge on any atom is 0.236 e. The highest BCUT2D eigenvalue weighted by Gasteiger charge is 2.24. The lowest BCUT2D eigenvalue weighted by atomic mass is 10.1. The summed E-state index contributed by atoms with van der Waals surface area (Å²) >= 11 is 6.17. The van der Waals surface area contributed by atoms with Gasteiger partial charge in [-0.25, -0.2) is 0 Å². The number of ether oxygens (including phenoxy) is 3. The average Bonchev–Trinajstić information content (AvgIpc) is 3.02. The van der Waals surface area contributed by atoms with Crippen LogP contribution in [0.4, 0.5) is 0 Å². The van der Waals surface area contributed by atoms with Gasteiger partial charge in [-0.2, -0.15) is 0 Å². The number of rotatable bonds is 2. The monoisotopic (exact) mass is 374 g/mol. The molecule has 0 fully saturated rings. The zero-order chi connectivity index (χ0) is 18.3. The molecule has 0 bridgehead atoms. The molecule has 0 radical (unpaired) electrons. The molecule has 2 aromatic rings. The summed E-state index contributed by atoms with van der Waals surface area (Å²) in [6.45, 7) is 1.61. The molecule has 0 saturated carbocycles. The molecule has 6 nitrogen and oxygen atoms in total. The quantitative estimate of drug-likeness (QED) is 0.807. The van der Waals surface area contributed by atoms with Crippen LogP contribution in [-0.2, 0) is 17.9 Å². The lowest BCUT2D eigenvalue weighted by molar-refractivity contribution is -0.130. The van der Waals surface area contributed by atoms with E-state index in [1.165, 1.54) is 0 Å². The molecule has 136 valence electrons. The van der Waals surface area contributed by atoms with E-state index in [1.54, 1.807) is 25.1 Å². The maximum atomic E-state index is 12.3. The van der Waals surface area contributed by atoms with Crippen LogP contribution in [0, 0.1) is 0 Å². The van der Waals surface area contributed by atoms with Gasteiger partial charge in [0.25, 0.3) is 0 Å². The summed E-state index contributed by atoms with van der Waals surface area (Å²) in [6.07, 6.45) is 0. The van der Waals surface area contributed by atoms with Gasteiger partial charge in [0.1, 0.15) is 11.5 Å². The summed E-state index contributed by atoms with van der Waals surface area (Å²) in [4.78, 5) is 15.9. The fraction of sp³-hybridized carbons (Fsp3) is 0.316. The van der Waals surface area contributed by atoms with E-state index in [0.717, 1.165) is 16.9 Å². The highest BCUT2D eigenvalue weighted by atomic mass is 35.5. The van der Waals surface area contributed by atoms with Gasteiger partial charge in [0.15, 0.2) is 11.5 Å². The minimum absolute atomic E-state index is 0.0392. The predicted molar refractivity (Wildman–Crippen MR) is 96.9 cm³/mol. The van der Waals surface area contributed by atoms with Crippen molar-refractivity contribution in [3.05, 3.63) is 46.5 Å². The number of carbonyl (C=O) groups excluding carboxylic acids is 1. The largest absolute Gasteiger partial charge is 0.457 e. The molecule has 26 heavy (non-hydrogen) atoms. The fourth-order valence-corrected chi connectivity index (χ4v) is 3.25. The minimum Gasteiger partial charge on any atom is -0.457 e. The Morgan fingerprint density at radius 3 is 2.46 bits per heavy atom. The normalized spacial score (nSPS) is 15.3. The third-order valence-corrected chi connectivity index (χ3v) is 4.68. The van der Waals surface area contributed by atoms with Crippen LogP contribution < -0.4 is 14.2 Å². The van der Waals surface area contributed by atoms with E-state index in [9.17, 15) is 4.79 Å². The second-order valence-electron chi connectivity index (χ2n) is 6.60. The number of fused-ring (bicyclic) bond motifs is 3. The van der Waals surface area contributed by atoms with Crippen LogP contribution >= 0.6 is 11.6 Å². The Balaban J connectivity index is 1.75. The summed E-state index contributed by atoms with van der Waals surface area (Å²) < 4.78 is 17.1. The molecule has 2 aromatic carbocycles. The van der Waals surface area contributed by atoms with Crippen LogP contribution in [0.3, 0.4) is 0 Å². The number of likely N-dealkylation sites (N-methyl/N-ethyl adjacent to an activating group) is 1. The number of amides is 1. The zero-order valence-corrected chi connectivity index (χ0v) is 15.4. The molecule has 7 heteroatoms. The third kappa shape index (κ3) is 3.30. The first kappa shape index (κ1) is 17.0. The lowest BCUT2D eigenvalue weighted by Crippen LogP contribution is -2.36. The SMILES string of the molecule is CN(C)C(=O)CN1Cc2cc(Cl)ccc2Oc2cc3c(cc2C1)OCO3. The second kappa shape index (κ2) is 6.70. The predicted octanol–water partition coefficient (Wildman–Crippen LogP) is 3.26. The fourth-order valence-electron chi connectivity index (χ4n) is 3.06. The number of carbonyl (C=O) groups is 1. The summed E-state index contributed by atoms with van der Waals surface area (Å²) in [7, 11) is 3.51. The number of halogens is 1. The minimum atomic E-state index is 0.0392. The Kier molecular flexibility index (Phi) is 4.38. The molecule has 0 saturated heterocycles. The van der Waals surface area contributed by atoms with Gasteiger partial charge in [-0.05, 0) is 24.3 Å². The molecule has 4 rings (SSSR count). The van der Waals surface area contributed by atoms with Crippen molar-refractivity contribution in [2.75, 3.05) is 27.4 Å². The average molecular weight is 375 g/mol. The Morgan fingerprint density at radius 2 is 1.73 bits per heavy atom. The van der Waals surface area contributed by atoms with E-state index in [2.05, 4.69) is 4.90 Å². The van der Waals surface area contributed by atoms with Crippen molar-refractivity contribution in [2.45, 2.75) is 13.1 Å². The van der Waals surface area contributed by atoms with Gasteiger partial charge in [-0.1, -0.05) is 11.6 Å². The Labute approximate surface area is 156 Å². The molecule has 0 N–H and O–H groups in total. The van der Waals surface area contributed by atoms with Crippen molar-refractivity contribution in [1.82, 2.24) is 9.80 Å². The first-order chi connectivity index (χ1) is 12.5. The third-order valence-electron chi connectivity index (χ3n) is 4.44. The molecule has 2 aliphatic rings. The summed E-state index contributed by atoms with van der Waals surface area (Å²) in [5, 5.41) is 0.637. The first-order valence-electron chi connectivity index (χ1n) is 8.31. The summed E-state index contributed by atoms with van der Waals surface area (Å²) in [6, 6.07) is 9.29. The van der Waals surface area contributed by atoms with Crippen molar-refractivity contribution < 1.29 is 19.0 Å². The highest BCUT2D eigenvalue weighted by molar-refractivity contribution is 6.30. The molecule has 0 spiro atoms. The molecule has 2 heterocycles. The molecule has 1 amide bonds. The lowest BCUT2D eigenvalue weighted by Gasteiger charge is -2.28. The van der Waals surface area contributed by atoms with Crippen molar-refractivity contribution >= 4 is 17.5 Å². The van der Waals surface area contributed by atoms with Gasteiger partial charge in [0, 0.05) is 49.4 Å². The standard InChI is InChI=1S/C19H19ClN2O4/c1-21(2)19(23)10-22-8-12-5-14(20)3-4-15(12)26-16-7-18-17(24-11-25-18)6-13(16)9-22/h3-7H,8-11H2,1-2H3. The number of benzene rings is 2. The molecular formula is C19H19ClN2O4. The van der Waals surface area contributed by atoms with Crippen molar-refractivity contribution in [2.24, 2.45) is 0 Å². The molecule has 2 aliphatic heterocycles.